The summed E-state index contributed by atoms with van der Waals surface area (Å²) in [6.07, 6.45) is 0.706. The number of nitrogens with one attached hydrogen (secondary N) is 1. The van der Waals surface area contributed by atoms with Gasteiger partial charge in [-0.1, -0.05) is 11.6 Å². The molecule has 0 unspecified atom stereocenters. The molecule has 2 atom stereocenters. The van der Waals surface area contributed by atoms with Gasteiger partial charge >= 0.3 is 0 Å². The molecule has 0 saturated carbocycles. The molecule has 0 aliphatic carbocycles. The summed E-state index contributed by atoms with van der Waals surface area (Å²) in [5, 5.41) is 4.57. The molecule has 1 N–H and O–H groups in total. The number of anilines is 1. The third-order valence-corrected chi connectivity index (χ3v) is 4.85. The highest BCUT2D eigenvalue weighted by atomic mass is 35.5. The Morgan fingerprint density at radius 2 is 2.04 bits per heavy atom. The fourth-order valence-electron chi connectivity index (χ4n) is 3.33. The average Bonchev–Trinajstić information content (AvgIpc) is 2.49. The van der Waals surface area contributed by atoms with E-state index in [4.69, 9.17) is 28.6 Å². The van der Waals surface area contributed by atoms with E-state index in [1.165, 1.54) is 12.1 Å². The van der Waals surface area contributed by atoms with Crippen molar-refractivity contribution in [3.8, 4) is 5.75 Å². The fraction of sp³-hybridized carbons (Fsp3) is 0.235. The summed E-state index contributed by atoms with van der Waals surface area (Å²) in [4.78, 5) is 1.90. The summed E-state index contributed by atoms with van der Waals surface area (Å²) in [7, 11) is 0. The first-order valence-electron chi connectivity index (χ1n) is 7.31. The molecule has 3 nitrogen and oxygen atoms in total. The second-order valence-electron chi connectivity index (χ2n) is 5.98. The van der Waals surface area contributed by atoms with Crippen LogP contribution in [-0.4, -0.2) is 10.8 Å². The molecule has 2 bridgehead atoms. The van der Waals surface area contributed by atoms with Crippen LogP contribution in [0.1, 0.15) is 24.9 Å². The van der Waals surface area contributed by atoms with Crippen molar-refractivity contribution in [2.45, 2.75) is 25.1 Å². The first kappa shape index (κ1) is 14.7. The zero-order valence-corrected chi connectivity index (χ0v) is 13.9. The molecule has 2 aliphatic rings. The number of hydrogen-bond acceptors (Lipinski definition) is 2. The maximum atomic E-state index is 13.2. The van der Waals surface area contributed by atoms with E-state index in [-0.39, 0.29) is 11.9 Å². The molecule has 2 heterocycles. The summed E-state index contributed by atoms with van der Waals surface area (Å²) in [6.45, 7) is 1.99. The van der Waals surface area contributed by atoms with E-state index in [1.807, 2.05) is 30.0 Å². The third kappa shape index (κ3) is 2.35. The molecule has 0 amide bonds. The van der Waals surface area contributed by atoms with Crippen molar-refractivity contribution in [2.75, 3.05) is 4.90 Å². The van der Waals surface area contributed by atoms with Crippen molar-refractivity contribution in [3.63, 3.8) is 0 Å². The third-order valence-electron chi connectivity index (χ3n) is 4.32. The predicted molar refractivity (Wildman–Crippen MR) is 92.5 cm³/mol. The lowest BCUT2D eigenvalue weighted by atomic mass is 9.90. The van der Waals surface area contributed by atoms with Crippen LogP contribution < -0.4 is 15.0 Å². The van der Waals surface area contributed by atoms with Gasteiger partial charge in [0.25, 0.3) is 0 Å². The van der Waals surface area contributed by atoms with E-state index in [0.717, 1.165) is 17.0 Å². The van der Waals surface area contributed by atoms with Crippen LogP contribution in [0.4, 0.5) is 10.1 Å². The molecule has 2 aromatic rings. The van der Waals surface area contributed by atoms with Crippen molar-refractivity contribution < 1.29 is 9.13 Å². The van der Waals surface area contributed by atoms with Gasteiger partial charge in [-0.25, -0.2) is 4.39 Å². The lowest BCUT2D eigenvalue weighted by molar-refractivity contribution is 0.0498. The highest BCUT2D eigenvalue weighted by Gasteiger charge is 2.48. The zero-order chi connectivity index (χ0) is 16.2. The Labute approximate surface area is 144 Å². The fourth-order valence-corrected chi connectivity index (χ4v) is 3.95. The first-order valence-corrected chi connectivity index (χ1v) is 8.10. The van der Waals surface area contributed by atoms with Crippen LogP contribution in [-0.2, 0) is 0 Å². The van der Waals surface area contributed by atoms with E-state index in [1.54, 1.807) is 12.1 Å². The molecule has 0 aromatic heterocycles. The monoisotopic (exact) mass is 348 g/mol. The predicted octanol–water partition coefficient (Wildman–Crippen LogP) is 4.41. The van der Waals surface area contributed by atoms with Gasteiger partial charge in [0.15, 0.2) is 10.8 Å². The summed E-state index contributed by atoms with van der Waals surface area (Å²) >= 11 is 11.6. The SMILES string of the molecule is C[C@@]12C[C@@H](NC(=S)N1c1ccc(F)cc1)c1cc(Cl)ccc1O2. The van der Waals surface area contributed by atoms with Gasteiger partial charge in [0.2, 0.25) is 0 Å². The Morgan fingerprint density at radius 1 is 1.30 bits per heavy atom. The van der Waals surface area contributed by atoms with Crippen molar-refractivity contribution in [2.24, 2.45) is 0 Å². The Balaban J connectivity index is 1.79. The summed E-state index contributed by atoms with van der Waals surface area (Å²) in [5.41, 5.74) is 1.17. The molecule has 1 fully saturated rings. The van der Waals surface area contributed by atoms with Crippen LogP contribution in [0, 0.1) is 5.82 Å². The molecule has 118 valence electrons. The molecule has 1 saturated heterocycles. The normalized spacial score (nSPS) is 25.4. The molecule has 2 aliphatic heterocycles. The molecule has 23 heavy (non-hydrogen) atoms. The van der Waals surface area contributed by atoms with Gasteiger partial charge in [-0.15, -0.1) is 0 Å². The number of rotatable bonds is 1. The van der Waals surface area contributed by atoms with Crippen LogP contribution in [0.25, 0.3) is 0 Å². The molecule has 4 rings (SSSR count). The standard InChI is InChI=1S/C17H14ClFN2OS/c1-17-9-14(13-8-10(18)2-7-15(13)22-17)20-16(23)21(17)12-5-3-11(19)4-6-12/h2-8,14H,9H2,1H3,(H,20,23)/t14-,17-/m1/s1. The summed E-state index contributed by atoms with van der Waals surface area (Å²) in [5.74, 6) is 0.507. The van der Waals surface area contributed by atoms with Gasteiger partial charge in [0.05, 0.1) is 6.04 Å². The molecular weight excluding hydrogens is 335 g/mol. The van der Waals surface area contributed by atoms with Crippen LogP contribution in [0.3, 0.4) is 0 Å². The number of fused-ring (bicyclic) bond motifs is 4. The smallest absolute Gasteiger partial charge is 0.188 e. The number of benzene rings is 2. The minimum atomic E-state index is -0.633. The minimum Gasteiger partial charge on any atom is -0.467 e. The number of ether oxygens (including phenoxy) is 1. The Kier molecular flexibility index (Phi) is 3.25. The molecule has 2 aromatic carbocycles. The largest absolute Gasteiger partial charge is 0.467 e. The first-order chi connectivity index (χ1) is 11.0. The highest BCUT2D eigenvalue weighted by Crippen LogP contribution is 2.46. The lowest BCUT2D eigenvalue weighted by Crippen LogP contribution is -2.65. The van der Waals surface area contributed by atoms with Crippen molar-refractivity contribution >= 4 is 34.6 Å². The van der Waals surface area contributed by atoms with E-state index < -0.39 is 5.72 Å². The van der Waals surface area contributed by atoms with Crippen LogP contribution >= 0.6 is 23.8 Å². The Hall–Kier alpha value is -1.85. The second kappa shape index (κ2) is 5.08. The van der Waals surface area contributed by atoms with Crippen molar-refractivity contribution in [3.05, 3.63) is 58.9 Å². The van der Waals surface area contributed by atoms with E-state index in [2.05, 4.69) is 5.32 Å². The van der Waals surface area contributed by atoms with Gasteiger partial charge in [-0.3, -0.25) is 4.90 Å². The second-order valence-corrected chi connectivity index (χ2v) is 6.80. The van der Waals surface area contributed by atoms with Crippen molar-refractivity contribution in [1.29, 1.82) is 0 Å². The number of hydrogen-bond donors (Lipinski definition) is 1. The summed E-state index contributed by atoms with van der Waals surface area (Å²) < 4.78 is 19.5. The average molecular weight is 349 g/mol. The van der Waals surface area contributed by atoms with Gasteiger partial charge in [-0.05, 0) is 61.6 Å². The quantitative estimate of drug-likeness (QED) is 0.771. The maximum absolute atomic E-state index is 13.2. The Morgan fingerprint density at radius 3 is 2.78 bits per heavy atom. The minimum absolute atomic E-state index is 0.0478. The molecule has 6 heteroatoms. The highest BCUT2D eigenvalue weighted by molar-refractivity contribution is 7.80. The zero-order valence-electron chi connectivity index (χ0n) is 12.3. The molecule has 0 radical (unpaired) electrons. The van der Waals surface area contributed by atoms with E-state index in [9.17, 15) is 4.39 Å². The molecule has 0 spiro atoms. The number of nitrogens with zero attached hydrogens (tertiary/aromatic N) is 1. The Bertz CT molecular complexity index is 798. The van der Waals surface area contributed by atoms with Gasteiger partial charge in [0, 0.05) is 22.7 Å². The van der Waals surface area contributed by atoms with Gasteiger partial charge in [0.1, 0.15) is 11.6 Å². The van der Waals surface area contributed by atoms with Crippen LogP contribution in [0.15, 0.2) is 42.5 Å². The van der Waals surface area contributed by atoms with Gasteiger partial charge in [-0.2, -0.15) is 0 Å². The van der Waals surface area contributed by atoms with Gasteiger partial charge < -0.3 is 10.1 Å². The van der Waals surface area contributed by atoms with E-state index in [0.29, 0.717) is 16.6 Å². The van der Waals surface area contributed by atoms with E-state index >= 15 is 0 Å². The number of halogens is 2. The lowest BCUT2D eigenvalue weighted by Gasteiger charge is -2.52. The maximum Gasteiger partial charge on any atom is 0.188 e. The molecular formula is C17H14ClFN2OS. The summed E-state index contributed by atoms with van der Waals surface area (Å²) in [6, 6.07) is 11.9. The van der Waals surface area contributed by atoms with Crippen molar-refractivity contribution in [1.82, 2.24) is 5.32 Å². The van der Waals surface area contributed by atoms with Crippen LogP contribution in [0.2, 0.25) is 5.02 Å². The topological polar surface area (TPSA) is 24.5 Å². The number of thiocarbonyl (C=S) groups is 1. The van der Waals surface area contributed by atoms with Crippen LogP contribution in [0.5, 0.6) is 5.75 Å².